The largest absolute Gasteiger partial charge is 0.208 e. The summed E-state index contributed by atoms with van der Waals surface area (Å²) in [5, 5.41) is 6.94. The van der Waals surface area contributed by atoms with Gasteiger partial charge < -0.3 is 0 Å². The number of benzene rings is 9. The van der Waals surface area contributed by atoms with E-state index in [1.165, 1.54) is 44.2 Å². The van der Waals surface area contributed by atoms with Crippen molar-refractivity contribution in [2.45, 2.75) is 0 Å². The Morgan fingerprint density at radius 2 is 0.574 bits per heavy atom. The van der Waals surface area contributed by atoms with Crippen LogP contribution in [0, 0.1) is 0 Å². The molecule has 9 aromatic carbocycles. The molecule has 252 valence electrons. The van der Waals surface area contributed by atoms with Crippen molar-refractivity contribution in [2.24, 2.45) is 0 Å². The van der Waals surface area contributed by atoms with Gasteiger partial charge in [0.2, 0.25) is 0 Å². The molecule has 0 bridgehead atoms. The Morgan fingerprint density at radius 3 is 1.09 bits per heavy atom. The van der Waals surface area contributed by atoms with Crippen molar-refractivity contribution in [3.05, 3.63) is 200 Å². The molecule has 0 unspecified atom stereocenters. The molecule has 3 heteroatoms. The van der Waals surface area contributed by atoms with Crippen LogP contribution in [-0.2, 0) is 0 Å². The number of fused-ring (bicyclic) bond motifs is 3. The van der Waals surface area contributed by atoms with Gasteiger partial charge in [-0.2, -0.15) is 0 Å². The second kappa shape index (κ2) is 13.4. The molecule has 10 aromatic rings. The topological polar surface area (TPSA) is 38.7 Å². The number of hydrogen-bond acceptors (Lipinski definition) is 3. The predicted molar refractivity (Wildman–Crippen MR) is 225 cm³/mol. The standard InChI is InChI=1S/C51H33N3/c1-3-11-34(12-4-1)42-27-28-47(37-15-5-2-6-16-37)48(33-42)43-23-21-41-32-46(26-22-40(41)29-43)51-53-49(44-24-19-35-13-7-9-17-38(35)30-44)52-50(54-51)45-25-20-36-14-8-10-18-39(36)31-45/h1-33H. The third-order valence-electron chi connectivity index (χ3n) is 10.3. The molecule has 0 N–H and O–H groups in total. The Hall–Kier alpha value is -7.23. The van der Waals surface area contributed by atoms with Gasteiger partial charge in [-0.1, -0.05) is 170 Å². The van der Waals surface area contributed by atoms with Crippen molar-refractivity contribution in [3.8, 4) is 67.5 Å². The van der Waals surface area contributed by atoms with Gasteiger partial charge in [-0.3, -0.25) is 0 Å². The number of aromatic nitrogens is 3. The highest BCUT2D eigenvalue weighted by atomic mass is 15.0. The lowest BCUT2D eigenvalue weighted by Crippen LogP contribution is -2.00. The van der Waals surface area contributed by atoms with Crippen LogP contribution >= 0.6 is 0 Å². The van der Waals surface area contributed by atoms with E-state index >= 15 is 0 Å². The summed E-state index contributed by atoms with van der Waals surface area (Å²) in [6.45, 7) is 0. The normalized spacial score (nSPS) is 11.3. The van der Waals surface area contributed by atoms with Crippen molar-refractivity contribution in [3.63, 3.8) is 0 Å². The molecule has 0 aliphatic carbocycles. The first kappa shape index (κ1) is 31.5. The summed E-state index contributed by atoms with van der Waals surface area (Å²) in [6.07, 6.45) is 0. The van der Waals surface area contributed by atoms with Crippen LogP contribution in [0.2, 0.25) is 0 Å². The van der Waals surface area contributed by atoms with Crippen LogP contribution in [0.25, 0.3) is 99.9 Å². The summed E-state index contributed by atoms with van der Waals surface area (Å²) in [6, 6.07) is 70.8. The summed E-state index contributed by atoms with van der Waals surface area (Å²) in [4.78, 5) is 15.3. The quantitative estimate of drug-likeness (QED) is 0.175. The molecule has 0 aliphatic rings. The lowest BCUT2D eigenvalue weighted by Gasteiger charge is -2.14. The van der Waals surface area contributed by atoms with Crippen LogP contribution in [0.15, 0.2) is 200 Å². The Labute approximate surface area is 313 Å². The molecule has 0 atom stereocenters. The minimum Gasteiger partial charge on any atom is -0.208 e. The van der Waals surface area contributed by atoms with E-state index in [9.17, 15) is 0 Å². The summed E-state index contributed by atoms with van der Waals surface area (Å²) >= 11 is 0. The Balaban J connectivity index is 1.09. The zero-order chi connectivity index (χ0) is 35.8. The van der Waals surface area contributed by atoms with Crippen LogP contribution < -0.4 is 0 Å². The first-order chi connectivity index (χ1) is 26.7. The summed E-state index contributed by atoms with van der Waals surface area (Å²) < 4.78 is 0. The maximum absolute atomic E-state index is 5.10. The van der Waals surface area contributed by atoms with E-state index in [0.29, 0.717) is 17.5 Å². The van der Waals surface area contributed by atoms with Gasteiger partial charge in [-0.05, 0) is 96.0 Å². The fraction of sp³-hybridized carbons (Fsp3) is 0. The zero-order valence-corrected chi connectivity index (χ0v) is 29.4. The highest BCUT2D eigenvalue weighted by molar-refractivity contribution is 5.95. The monoisotopic (exact) mass is 687 g/mol. The summed E-state index contributed by atoms with van der Waals surface area (Å²) in [5.41, 5.74) is 10.0. The van der Waals surface area contributed by atoms with Gasteiger partial charge in [0.15, 0.2) is 17.5 Å². The van der Waals surface area contributed by atoms with Crippen LogP contribution in [0.1, 0.15) is 0 Å². The van der Waals surface area contributed by atoms with Gasteiger partial charge in [-0.15, -0.1) is 0 Å². The smallest absolute Gasteiger partial charge is 0.164 e. The average molecular weight is 688 g/mol. The molecule has 0 aliphatic heterocycles. The lowest BCUT2D eigenvalue weighted by molar-refractivity contribution is 1.08. The summed E-state index contributed by atoms with van der Waals surface area (Å²) in [5.74, 6) is 1.94. The second-order valence-corrected chi connectivity index (χ2v) is 13.7. The van der Waals surface area contributed by atoms with E-state index in [0.717, 1.165) is 38.2 Å². The third kappa shape index (κ3) is 5.98. The van der Waals surface area contributed by atoms with Crippen molar-refractivity contribution in [1.82, 2.24) is 15.0 Å². The number of rotatable bonds is 6. The van der Waals surface area contributed by atoms with Crippen molar-refractivity contribution in [1.29, 1.82) is 0 Å². The Morgan fingerprint density at radius 1 is 0.204 bits per heavy atom. The van der Waals surface area contributed by atoms with Gasteiger partial charge in [-0.25, -0.2) is 15.0 Å². The lowest BCUT2D eigenvalue weighted by atomic mass is 9.90. The molecule has 0 saturated heterocycles. The van der Waals surface area contributed by atoms with Gasteiger partial charge in [0.25, 0.3) is 0 Å². The highest BCUT2D eigenvalue weighted by Crippen LogP contribution is 2.38. The summed E-state index contributed by atoms with van der Waals surface area (Å²) in [7, 11) is 0. The predicted octanol–water partition coefficient (Wildman–Crippen LogP) is 13.3. The molecule has 0 amide bonds. The SMILES string of the molecule is c1ccc(-c2ccc(-c3ccccc3)c(-c3ccc4cc(-c5nc(-c6ccc7ccccc7c6)nc(-c6ccc7ccccc7c6)n5)ccc4c3)c2)cc1. The first-order valence-electron chi connectivity index (χ1n) is 18.3. The minimum atomic E-state index is 0.643. The maximum Gasteiger partial charge on any atom is 0.164 e. The van der Waals surface area contributed by atoms with Crippen LogP contribution in [0.3, 0.4) is 0 Å². The van der Waals surface area contributed by atoms with Gasteiger partial charge in [0.05, 0.1) is 0 Å². The molecule has 0 fully saturated rings. The highest BCUT2D eigenvalue weighted by Gasteiger charge is 2.15. The van der Waals surface area contributed by atoms with Crippen molar-refractivity contribution in [2.75, 3.05) is 0 Å². The van der Waals surface area contributed by atoms with Crippen LogP contribution in [-0.4, -0.2) is 15.0 Å². The molecule has 0 spiro atoms. The molecule has 0 saturated carbocycles. The Kier molecular flexibility index (Phi) is 7.81. The molecule has 10 rings (SSSR count). The molecular weight excluding hydrogens is 655 g/mol. The van der Waals surface area contributed by atoms with E-state index in [1.807, 2.05) is 0 Å². The first-order valence-corrected chi connectivity index (χ1v) is 18.3. The minimum absolute atomic E-state index is 0.643. The molecule has 1 heterocycles. The van der Waals surface area contributed by atoms with Crippen molar-refractivity contribution < 1.29 is 0 Å². The molecule has 54 heavy (non-hydrogen) atoms. The van der Waals surface area contributed by atoms with Crippen LogP contribution in [0.5, 0.6) is 0 Å². The fourth-order valence-electron chi connectivity index (χ4n) is 7.44. The fourth-order valence-corrected chi connectivity index (χ4v) is 7.44. The van der Waals surface area contributed by atoms with Crippen molar-refractivity contribution >= 4 is 32.3 Å². The number of hydrogen-bond donors (Lipinski definition) is 0. The zero-order valence-electron chi connectivity index (χ0n) is 29.4. The number of nitrogens with zero attached hydrogens (tertiary/aromatic N) is 3. The second-order valence-electron chi connectivity index (χ2n) is 13.7. The molecule has 1 aromatic heterocycles. The van der Waals surface area contributed by atoms with Gasteiger partial charge in [0.1, 0.15) is 0 Å². The third-order valence-corrected chi connectivity index (χ3v) is 10.3. The molecule has 3 nitrogen and oxygen atoms in total. The Bertz CT molecular complexity index is 2890. The van der Waals surface area contributed by atoms with Crippen LogP contribution in [0.4, 0.5) is 0 Å². The van der Waals surface area contributed by atoms with Gasteiger partial charge >= 0.3 is 0 Å². The maximum atomic E-state index is 5.10. The molecular formula is C51H33N3. The van der Waals surface area contributed by atoms with E-state index in [4.69, 9.17) is 15.0 Å². The van der Waals surface area contributed by atoms with E-state index in [-0.39, 0.29) is 0 Å². The van der Waals surface area contributed by atoms with E-state index in [2.05, 4.69) is 200 Å². The van der Waals surface area contributed by atoms with Gasteiger partial charge in [0, 0.05) is 16.7 Å². The molecule has 0 radical (unpaired) electrons. The van der Waals surface area contributed by atoms with E-state index < -0.39 is 0 Å². The average Bonchev–Trinajstić information content (AvgIpc) is 3.26. The van der Waals surface area contributed by atoms with E-state index in [1.54, 1.807) is 0 Å².